The molecule has 1 N–H and O–H groups in total. The first-order valence-corrected chi connectivity index (χ1v) is 8.32. The minimum Gasteiger partial charge on any atom is -0.508 e. The molecular formula is C17H27NO3S. The molecule has 4 nitrogen and oxygen atoms in total. The first kappa shape index (κ1) is 20.4. The lowest BCUT2D eigenvalue weighted by molar-refractivity contribution is 0.187. The third-order valence-electron chi connectivity index (χ3n) is 2.47. The Hall–Kier alpha value is -1.59. The lowest BCUT2D eigenvalue weighted by atomic mass is 10.2. The molecule has 0 aromatic carbocycles. The van der Waals surface area contributed by atoms with Gasteiger partial charge >= 0.3 is 0 Å². The number of rotatable bonds is 4. The Morgan fingerprint density at radius 1 is 1.36 bits per heavy atom. The second kappa shape index (κ2) is 13.1. The largest absolute Gasteiger partial charge is 0.508 e. The summed E-state index contributed by atoms with van der Waals surface area (Å²) in [7, 11) is 1.68. The summed E-state index contributed by atoms with van der Waals surface area (Å²) in [6, 6.07) is 0. The molecule has 1 aromatic rings. The Labute approximate surface area is 137 Å². The van der Waals surface area contributed by atoms with Crippen molar-refractivity contribution in [1.82, 2.24) is 4.98 Å². The molecule has 22 heavy (non-hydrogen) atoms. The molecule has 0 fully saturated rings. The second-order valence-electron chi connectivity index (χ2n) is 4.09. The highest BCUT2D eigenvalue weighted by molar-refractivity contribution is 7.09. The molecule has 1 aromatic heterocycles. The summed E-state index contributed by atoms with van der Waals surface area (Å²) < 4.78 is 10.2. The molecule has 0 spiro atoms. The average Bonchev–Trinajstić information content (AvgIpc) is 2.99. The minimum atomic E-state index is 0.319. The molecule has 2 rings (SSSR count). The Kier molecular flexibility index (Phi) is 12.2. The number of ether oxygens (including phenoxy) is 2. The number of aliphatic hydroxyl groups is 1. The van der Waals surface area contributed by atoms with Crippen molar-refractivity contribution in [2.24, 2.45) is 0 Å². The van der Waals surface area contributed by atoms with Crippen LogP contribution in [0.15, 0.2) is 47.0 Å². The standard InChI is InChI=1S/C10H14O2.C5H7NOS.C2H6/c1-3-12-10-8(2)6-4-5-7-9(10)11;1-7-3-5-2-6-4-8-5;1-2/h4-6,11H,3,7H2,1-2H3;2,4H,3H2,1H3;1-2H3. The van der Waals surface area contributed by atoms with E-state index in [2.05, 4.69) is 4.98 Å². The maximum absolute atomic E-state index is 9.51. The van der Waals surface area contributed by atoms with Gasteiger partial charge in [-0.15, -0.1) is 11.3 Å². The van der Waals surface area contributed by atoms with Crippen LogP contribution in [-0.4, -0.2) is 23.8 Å². The normalized spacial score (nSPS) is 13.2. The Morgan fingerprint density at radius 3 is 2.64 bits per heavy atom. The van der Waals surface area contributed by atoms with Gasteiger partial charge in [0.2, 0.25) is 0 Å². The molecule has 124 valence electrons. The van der Waals surface area contributed by atoms with Crippen molar-refractivity contribution in [3.8, 4) is 0 Å². The molecule has 1 heterocycles. The van der Waals surface area contributed by atoms with Crippen molar-refractivity contribution < 1.29 is 14.6 Å². The van der Waals surface area contributed by atoms with Crippen LogP contribution in [0, 0.1) is 0 Å². The Bertz CT molecular complexity index is 476. The molecule has 1 aliphatic carbocycles. The fourth-order valence-electron chi connectivity index (χ4n) is 1.59. The van der Waals surface area contributed by atoms with Crippen LogP contribution >= 0.6 is 11.3 Å². The molecule has 1 aliphatic rings. The molecule has 0 saturated carbocycles. The molecule has 0 bridgehead atoms. The van der Waals surface area contributed by atoms with E-state index < -0.39 is 0 Å². The van der Waals surface area contributed by atoms with Crippen LogP contribution < -0.4 is 0 Å². The van der Waals surface area contributed by atoms with E-state index >= 15 is 0 Å². The monoisotopic (exact) mass is 325 g/mol. The number of nitrogens with zero attached hydrogens (tertiary/aromatic N) is 1. The van der Waals surface area contributed by atoms with Gasteiger partial charge in [0.05, 0.1) is 23.6 Å². The molecule has 0 aliphatic heterocycles. The van der Waals surface area contributed by atoms with Crippen molar-refractivity contribution >= 4 is 11.3 Å². The predicted octanol–water partition coefficient (Wildman–Crippen LogP) is 5.01. The SMILES string of the molecule is CC.CCOC1=C(O)CC=CC=C1C.COCc1cncs1. The van der Waals surface area contributed by atoms with E-state index in [-0.39, 0.29) is 0 Å². The van der Waals surface area contributed by atoms with E-state index in [1.807, 2.05) is 52.1 Å². The number of aromatic nitrogens is 1. The van der Waals surface area contributed by atoms with Gasteiger partial charge in [0.15, 0.2) is 5.76 Å². The van der Waals surface area contributed by atoms with Gasteiger partial charge in [0, 0.05) is 19.7 Å². The van der Waals surface area contributed by atoms with E-state index in [1.165, 1.54) is 4.88 Å². The first-order chi connectivity index (χ1) is 10.7. The van der Waals surface area contributed by atoms with Gasteiger partial charge in [-0.2, -0.15) is 0 Å². The van der Waals surface area contributed by atoms with Gasteiger partial charge in [0.25, 0.3) is 0 Å². The number of aliphatic hydroxyl groups excluding tert-OH is 1. The zero-order chi connectivity index (χ0) is 16.8. The molecule has 0 saturated heterocycles. The maximum atomic E-state index is 9.51. The summed E-state index contributed by atoms with van der Waals surface area (Å²) >= 11 is 1.61. The van der Waals surface area contributed by atoms with E-state index in [0.29, 0.717) is 31.2 Å². The number of methoxy groups -OCH3 is 1. The quantitative estimate of drug-likeness (QED) is 0.845. The maximum Gasteiger partial charge on any atom is 0.159 e. The fourth-order valence-corrected chi connectivity index (χ4v) is 2.15. The first-order valence-electron chi connectivity index (χ1n) is 7.44. The van der Waals surface area contributed by atoms with Gasteiger partial charge in [0.1, 0.15) is 5.76 Å². The van der Waals surface area contributed by atoms with Crippen LogP contribution in [0.5, 0.6) is 0 Å². The minimum absolute atomic E-state index is 0.319. The summed E-state index contributed by atoms with van der Waals surface area (Å²) in [6.07, 6.45) is 8.15. The number of allylic oxidation sites excluding steroid dienone is 4. The number of hydrogen-bond donors (Lipinski definition) is 1. The summed E-state index contributed by atoms with van der Waals surface area (Å²) in [5.74, 6) is 0.946. The van der Waals surface area contributed by atoms with E-state index in [9.17, 15) is 5.11 Å². The number of thiazole rings is 1. The second-order valence-corrected chi connectivity index (χ2v) is 5.06. The van der Waals surface area contributed by atoms with Gasteiger partial charge in [-0.1, -0.05) is 32.1 Å². The van der Waals surface area contributed by atoms with Crippen LogP contribution in [0.2, 0.25) is 0 Å². The van der Waals surface area contributed by atoms with Crippen molar-refractivity contribution in [3.05, 3.63) is 51.9 Å². The molecule has 0 atom stereocenters. The summed E-state index contributed by atoms with van der Waals surface area (Å²) in [4.78, 5) is 5.05. The van der Waals surface area contributed by atoms with Crippen molar-refractivity contribution in [3.63, 3.8) is 0 Å². The fraction of sp³-hybridized carbons (Fsp3) is 0.471. The van der Waals surface area contributed by atoms with Gasteiger partial charge in [-0.25, -0.2) is 0 Å². The van der Waals surface area contributed by atoms with Gasteiger partial charge in [-0.05, 0) is 19.4 Å². The summed E-state index contributed by atoms with van der Waals surface area (Å²) in [5.41, 5.74) is 2.78. The lowest BCUT2D eigenvalue weighted by Crippen LogP contribution is -1.97. The molecule has 0 unspecified atom stereocenters. The zero-order valence-corrected chi connectivity index (χ0v) is 14.9. The molecular weight excluding hydrogens is 298 g/mol. The van der Waals surface area contributed by atoms with Gasteiger partial charge in [-0.3, -0.25) is 4.98 Å². The van der Waals surface area contributed by atoms with E-state index in [4.69, 9.17) is 9.47 Å². The highest BCUT2D eigenvalue weighted by Gasteiger charge is 2.09. The highest BCUT2D eigenvalue weighted by Crippen LogP contribution is 2.19. The van der Waals surface area contributed by atoms with E-state index in [1.54, 1.807) is 24.0 Å². The molecule has 0 radical (unpaired) electrons. The average molecular weight is 325 g/mol. The topological polar surface area (TPSA) is 51.6 Å². The predicted molar refractivity (Wildman–Crippen MR) is 93.0 cm³/mol. The summed E-state index contributed by atoms with van der Waals surface area (Å²) in [5, 5.41) is 9.51. The number of hydrogen-bond acceptors (Lipinski definition) is 5. The van der Waals surface area contributed by atoms with Crippen LogP contribution in [-0.2, 0) is 16.1 Å². The Balaban J connectivity index is 0.000000382. The van der Waals surface area contributed by atoms with Crippen LogP contribution in [0.1, 0.15) is 39.0 Å². The molecule has 0 amide bonds. The van der Waals surface area contributed by atoms with Gasteiger partial charge < -0.3 is 14.6 Å². The lowest BCUT2D eigenvalue weighted by Gasteiger charge is -2.09. The van der Waals surface area contributed by atoms with Crippen molar-refractivity contribution in [2.75, 3.05) is 13.7 Å². The van der Waals surface area contributed by atoms with Crippen molar-refractivity contribution in [1.29, 1.82) is 0 Å². The van der Waals surface area contributed by atoms with Crippen LogP contribution in [0.25, 0.3) is 0 Å². The van der Waals surface area contributed by atoms with Crippen molar-refractivity contribution in [2.45, 2.75) is 40.7 Å². The van der Waals surface area contributed by atoms with E-state index in [0.717, 1.165) is 5.57 Å². The highest BCUT2D eigenvalue weighted by atomic mass is 32.1. The summed E-state index contributed by atoms with van der Waals surface area (Å²) in [6.45, 7) is 9.11. The third-order valence-corrected chi connectivity index (χ3v) is 3.23. The molecule has 5 heteroatoms. The Morgan fingerprint density at radius 2 is 2.09 bits per heavy atom. The zero-order valence-electron chi connectivity index (χ0n) is 14.1. The third kappa shape index (κ3) is 8.00. The smallest absolute Gasteiger partial charge is 0.159 e. The van der Waals surface area contributed by atoms with Crippen LogP contribution in [0.3, 0.4) is 0 Å². The van der Waals surface area contributed by atoms with Crippen LogP contribution in [0.4, 0.5) is 0 Å².